The van der Waals surface area contributed by atoms with Crippen LogP contribution in [-0.2, 0) is 0 Å². The molecule has 0 spiro atoms. The van der Waals surface area contributed by atoms with Gasteiger partial charge < -0.3 is 9.73 Å². The molecule has 3 rings (SSSR count). The van der Waals surface area contributed by atoms with E-state index in [1.807, 2.05) is 25.1 Å². The van der Waals surface area contributed by atoms with Gasteiger partial charge in [-0.25, -0.2) is 0 Å². The van der Waals surface area contributed by atoms with Crippen LogP contribution in [0.4, 0.5) is 5.69 Å². The summed E-state index contributed by atoms with van der Waals surface area (Å²) in [5.74, 6) is 1.89. The van der Waals surface area contributed by atoms with Crippen LogP contribution in [0, 0.1) is 6.92 Å². The molecule has 0 bridgehead atoms. The van der Waals surface area contributed by atoms with Crippen LogP contribution in [0.3, 0.4) is 0 Å². The first-order valence-corrected chi connectivity index (χ1v) is 7.21. The Hall–Kier alpha value is -2.48. The number of hydrogen-bond donors (Lipinski definition) is 1. The summed E-state index contributed by atoms with van der Waals surface area (Å²) < 4.78 is 5.70. The molecule has 0 aliphatic rings. The molecule has 0 amide bonds. The molecule has 0 radical (unpaired) electrons. The van der Waals surface area contributed by atoms with E-state index in [-0.39, 0.29) is 6.04 Å². The van der Waals surface area contributed by atoms with E-state index >= 15 is 0 Å². The lowest BCUT2D eigenvalue weighted by Gasteiger charge is -2.16. The topological polar surface area (TPSA) is 25.2 Å². The largest absolute Gasteiger partial charge is 0.464 e. The third-order valence-electron chi connectivity index (χ3n) is 3.57. The standard InChI is InChI=1S/C19H19NO/c1-14-12-13-19(21-14)15(2)20-18-11-7-6-10-17(18)16-8-4-3-5-9-16/h3-13,15,20H,1-2H3. The lowest BCUT2D eigenvalue weighted by molar-refractivity contribution is 0.467. The number of rotatable bonds is 4. The van der Waals surface area contributed by atoms with Crippen LogP contribution in [0.5, 0.6) is 0 Å². The highest BCUT2D eigenvalue weighted by Gasteiger charge is 2.11. The van der Waals surface area contributed by atoms with E-state index in [0.29, 0.717) is 0 Å². The van der Waals surface area contributed by atoms with Gasteiger partial charge in [-0.1, -0.05) is 48.5 Å². The first kappa shape index (κ1) is 13.5. The second kappa shape index (κ2) is 5.88. The summed E-state index contributed by atoms with van der Waals surface area (Å²) in [6.07, 6.45) is 0. The van der Waals surface area contributed by atoms with E-state index in [0.717, 1.165) is 17.2 Å². The van der Waals surface area contributed by atoms with Gasteiger partial charge in [-0.15, -0.1) is 0 Å². The van der Waals surface area contributed by atoms with Crippen molar-refractivity contribution in [3.05, 3.63) is 78.3 Å². The van der Waals surface area contributed by atoms with Crippen LogP contribution < -0.4 is 5.32 Å². The van der Waals surface area contributed by atoms with Gasteiger partial charge in [0.25, 0.3) is 0 Å². The zero-order chi connectivity index (χ0) is 14.7. The third-order valence-corrected chi connectivity index (χ3v) is 3.57. The van der Waals surface area contributed by atoms with Gasteiger partial charge in [0.1, 0.15) is 11.5 Å². The van der Waals surface area contributed by atoms with E-state index in [1.54, 1.807) is 0 Å². The van der Waals surface area contributed by atoms with Gasteiger partial charge >= 0.3 is 0 Å². The van der Waals surface area contributed by atoms with Gasteiger partial charge in [-0.05, 0) is 37.6 Å². The Morgan fingerprint density at radius 1 is 0.857 bits per heavy atom. The van der Waals surface area contributed by atoms with Gasteiger partial charge in [0.15, 0.2) is 0 Å². The molecule has 0 aliphatic carbocycles. The fraction of sp³-hybridized carbons (Fsp3) is 0.158. The molecule has 21 heavy (non-hydrogen) atoms. The summed E-state index contributed by atoms with van der Waals surface area (Å²) in [6, 6.07) is 22.9. The molecular formula is C19H19NO. The number of nitrogens with one attached hydrogen (secondary N) is 1. The van der Waals surface area contributed by atoms with Crippen LogP contribution >= 0.6 is 0 Å². The summed E-state index contributed by atoms with van der Waals surface area (Å²) in [4.78, 5) is 0. The molecule has 1 aromatic heterocycles. The first-order valence-electron chi connectivity index (χ1n) is 7.21. The van der Waals surface area contributed by atoms with Crippen LogP contribution in [0.15, 0.2) is 71.1 Å². The van der Waals surface area contributed by atoms with E-state index in [9.17, 15) is 0 Å². The number of para-hydroxylation sites is 1. The fourth-order valence-electron chi connectivity index (χ4n) is 2.47. The van der Waals surface area contributed by atoms with Gasteiger partial charge in [0.05, 0.1) is 6.04 Å². The minimum absolute atomic E-state index is 0.128. The van der Waals surface area contributed by atoms with Crippen LogP contribution in [0.2, 0.25) is 0 Å². The fourth-order valence-corrected chi connectivity index (χ4v) is 2.47. The summed E-state index contributed by atoms with van der Waals surface area (Å²) in [5.41, 5.74) is 3.53. The Kier molecular flexibility index (Phi) is 3.78. The van der Waals surface area contributed by atoms with Crippen molar-refractivity contribution < 1.29 is 4.42 Å². The smallest absolute Gasteiger partial charge is 0.126 e. The van der Waals surface area contributed by atoms with E-state index in [4.69, 9.17) is 4.42 Å². The molecule has 1 atom stereocenters. The van der Waals surface area contributed by atoms with E-state index < -0.39 is 0 Å². The predicted octanol–water partition coefficient (Wildman–Crippen LogP) is 5.43. The molecule has 1 heterocycles. The van der Waals surface area contributed by atoms with Crippen molar-refractivity contribution in [3.63, 3.8) is 0 Å². The summed E-state index contributed by atoms with van der Waals surface area (Å²) in [6.45, 7) is 4.08. The molecule has 0 saturated heterocycles. The van der Waals surface area contributed by atoms with Crippen LogP contribution in [-0.4, -0.2) is 0 Å². The summed E-state index contributed by atoms with van der Waals surface area (Å²) in [7, 11) is 0. The maximum absolute atomic E-state index is 5.70. The van der Waals surface area contributed by atoms with Gasteiger partial charge in [-0.2, -0.15) is 0 Å². The Morgan fingerprint density at radius 3 is 2.29 bits per heavy atom. The molecular weight excluding hydrogens is 258 g/mol. The number of hydrogen-bond acceptors (Lipinski definition) is 2. The van der Waals surface area contributed by atoms with E-state index in [1.165, 1.54) is 11.1 Å². The molecule has 2 aromatic carbocycles. The zero-order valence-electron chi connectivity index (χ0n) is 12.3. The Bertz CT molecular complexity index is 715. The SMILES string of the molecule is Cc1ccc(C(C)Nc2ccccc2-c2ccccc2)o1. The molecule has 3 aromatic rings. The molecule has 0 saturated carbocycles. The second-order valence-electron chi connectivity index (χ2n) is 5.23. The van der Waals surface area contributed by atoms with Crippen molar-refractivity contribution in [3.8, 4) is 11.1 Å². The van der Waals surface area contributed by atoms with Crippen LogP contribution in [0.25, 0.3) is 11.1 Å². The molecule has 1 N–H and O–H groups in total. The average molecular weight is 277 g/mol. The van der Waals surface area contributed by atoms with Gasteiger partial charge in [0.2, 0.25) is 0 Å². The monoisotopic (exact) mass is 277 g/mol. The summed E-state index contributed by atoms with van der Waals surface area (Å²) >= 11 is 0. The third kappa shape index (κ3) is 3.00. The minimum Gasteiger partial charge on any atom is -0.464 e. The molecule has 106 valence electrons. The van der Waals surface area contributed by atoms with Crippen molar-refractivity contribution in [2.75, 3.05) is 5.32 Å². The van der Waals surface area contributed by atoms with Crippen molar-refractivity contribution in [1.82, 2.24) is 0 Å². The minimum atomic E-state index is 0.128. The number of furan rings is 1. The molecule has 0 aliphatic heterocycles. The van der Waals surface area contributed by atoms with Crippen molar-refractivity contribution in [2.45, 2.75) is 19.9 Å². The lowest BCUT2D eigenvalue weighted by atomic mass is 10.0. The normalized spacial score (nSPS) is 12.1. The first-order chi connectivity index (χ1) is 10.2. The van der Waals surface area contributed by atoms with Gasteiger partial charge in [-0.3, -0.25) is 0 Å². The molecule has 2 nitrogen and oxygen atoms in total. The number of anilines is 1. The predicted molar refractivity (Wildman–Crippen MR) is 87.4 cm³/mol. The molecule has 2 heteroatoms. The van der Waals surface area contributed by atoms with Crippen molar-refractivity contribution in [2.24, 2.45) is 0 Å². The summed E-state index contributed by atoms with van der Waals surface area (Å²) in [5, 5.41) is 3.54. The maximum atomic E-state index is 5.70. The quantitative estimate of drug-likeness (QED) is 0.688. The maximum Gasteiger partial charge on any atom is 0.126 e. The zero-order valence-corrected chi connectivity index (χ0v) is 12.3. The lowest BCUT2D eigenvalue weighted by Crippen LogP contribution is -2.06. The Morgan fingerprint density at radius 2 is 1.57 bits per heavy atom. The highest BCUT2D eigenvalue weighted by Crippen LogP contribution is 2.30. The van der Waals surface area contributed by atoms with Crippen LogP contribution in [0.1, 0.15) is 24.5 Å². The second-order valence-corrected chi connectivity index (χ2v) is 5.23. The highest BCUT2D eigenvalue weighted by molar-refractivity contribution is 5.77. The highest BCUT2D eigenvalue weighted by atomic mass is 16.3. The number of aryl methyl sites for hydroxylation is 1. The van der Waals surface area contributed by atoms with Crippen molar-refractivity contribution in [1.29, 1.82) is 0 Å². The molecule has 1 unspecified atom stereocenters. The average Bonchev–Trinajstić information content (AvgIpc) is 2.95. The Labute approximate surface area is 125 Å². The van der Waals surface area contributed by atoms with Gasteiger partial charge in [0, 0.05) is 11.3 Å². The number of benzene rings is 2. The molecule has 0 fully saturated rings. The Balaban J connectivity index is 1.89. The van der Waals surface area contributed by atoms with E-state index in [2.05, 4.69) is 60.8 Å². The van der Waals surface area contributed by atoms with Crippen molar-refractivity contribution >= 4 is 5.69 Å².